The van der Waals surface area contributed by atoms with Gasteiger partial charge in [0.1, 0.15) is 11.5 Å². The molecule has 0 radical (unpaired) electrons. The van der Waals surface area contributed by atoms with E-state index in [1.807, 2.05) is 0 Å². The first-order valence-electron chi connectivity index (χ1n) is 19.3. The van der Waals surface area contributed by atoms with E-state index >= 15 is 0 Å². The molecule has 9 aromatic carbocycles. The highest BCUT2D eigenvalue weighted by Crippen LogP contribution is 2.61. The van der Waals surface area contributed by atoms with Gasteiger partial charge in [-0.1, -0.05) is 133 Å². The summed E-state index contributed by atoms with van der Waals surface area (Å²) in [4.78, 5) is 2.42. The molecule has 0 fully saturated rings. The quantitative estimate of drug-likeness (QED) is 0.181. The Kier molecular flexibility index (Phi) is 6.55. The number of ether oxygens (including phenoxy) is 1. The van der Waals surface area contributed by atoms with Gasteiger partial charge in [-0.2, -0.15) is 0 Å². The second-order valence-corrected chi connectivity index (χ2v) is 14.8. The monoisotopic (exact) mass is 714 g/mol. The molecule has 3 nitrogen and oxygen atoms in total. The van der Waals surface area contributed by atoms with Gasteiger partial charge in [0.15, 0.2) is 0 Å². The summed E-state index contributed by atoms with van der Waals surface area (Å²) in [6.45, 7) is 0. The summed E-state index contributed by atoms with van der Waals surface area (Å²) in [5.74, 6) is 1.78. The summed E-state index contributed by atoms with van der Waals surface area (Å²) in [6.07, 6.45) is 0. The van der Waals surface area contributed by atoms with E-state index in [0.717, 1.165) is 45.4 Å². The molecule has 0 bridgehead atoms. The molecule has 56 heavy (non-hydrogen) atoms. The Hall–Kier alpha value is -7.36. The molecule has 0 N–H and O–H groups in total. The number of nitrogens with zero attached hydrogens (tertiary/aromatic N) is 2. The van der Waals surface area contributed by atoms with Crippen LogP contribution in [0.3, 0.4) is 0 Å². The summed E-state index contributed by atoms with van der Waals surface area (Å²) >= 11 is 0. The first-order chi connectivity index (χ1) is 27.8. The average molecular weight is 715 g/mol. The van der Waals surface area contributed by atoms with E-state index in [2.05, 4.69) is 216 Å². The summed E-state index contributed by atoms with van der Waals surface area (Å²) in [7, 11) is 0. The predicted molar refractivity (Wildman–Crippen MR) is 230 cm³/mol. The highest BCUT2D eigenvalue weighted by atomic mass is 16.5. The molecule has 1 aliphatic carbocycles. The van der Waals surface area contributed by atoms with E-state index in [0.29, 0.717) is 0 Å². The van der Waals surface area contributed by atoms with E-state index in [9.17, 15) is 0 Å². The smallest absolute Gasteiger partial charge is 0.132 e. The lowest BCUT2D eigenvalue weighted by Gasteiger charge is -2.45. The molecule has 0 saturated heterocycles. The molecule has 262 valence electrons. The van der Waals surface area contributed by atoms with Crippen molar-refractivity contribution in [3.63, 3.8) is 0 Å². The van der Waals surface area contributed by atoms with E-state index in [1.54, 1.807) is 0 Å². The first-order valence-corrected chi connectivity index (χ1v) is 19.3. The number of aromatic nitrogens is 1. The van der Waals surface area contributed by atoms with E-state index < -0.39 is 5.41 Å². The molecule has 3 heteroatoms. The van der Waals surface area contributed by atoms with Crippen molar-refractivity contribution in [2.45, 2.75) is 5.41 Å². The average Bonchev–Trinajstić information content (AvgIpc) is 3.59. The fraction of sp³-hybridized carbons (Fsp3) is 0.0189. The Morgan fingerprint density at radius 1 is 0.393 bits per heavy atom. The van der Waals surface area contributed by atoms with Gasteiger partial charge in [-0.05, 0) is 106 Å². The number of benzene rings is 9. The van der Waals surface area contributed by atoms with Crippen LogP contribution < -0.4 is 9.64 Å². The summed E-state index contributed by atoms with van der Waals surface area (Å²) < 4.78 is 9.09. The van der Waals surface area contributed by atoms with Gasteiger partial charge >= 0.3 is 0 Å². The lowest BCUT2D eigenvalue weighted by molar-refractivity contribution is 0.435. The van der Waals surface area contributed by atoms with Crippen molar-refractivity contribution in [1.29, 1.82) is 0 Å². The minimum atomic E-state index is -0.625. The van der Waals surface area contributed by atoms with Crippen molar-refractivity contribution >= 4 is 49.6 Å². The van der Waals surface area contributed by atoms with Gasteiger partial charge < -0.3 is 14.2 Å². The normalized spacial score (nSPS) is 13.3. The van der Waals surface area contributed by atoms with Gasteiger partial charge in [0.05, 0.1) is 16.4 Å². The summed E-state index contributed by atoms with van der Waals surface area (Å²) in [6, 6.07) is 75.0. The SMILES string of the molecule is c1ccc(N(c2ccc3c(c2)C2(c4ccccc4Oc4ccccc42)c2cccc4cccc-3c24)c2ccc3c(c2)c2ccccc2n3-c2ccccc2)cc1. The summed E-state index contributed by atoms with van der Waals surface area (Å²) in [5.41, 5.74) is 13.5. The molecule has 10 aromatic rings. The van der Waals surface area contributed by atoms with Gasteiger partial charge in [0.25, 0.3) is 0 Å². The Morgan fingerprint density at radius 2 is 1.00 bits per heavy atom. The van der Waals surface area contributed by atoms with Gasteiger partial charge in [-0.3, -0.25) is 0 Å². The van der Waals surface area contributed by atoms with E-state index in [-0.39, 0.29) is 0 Å². The number of hydrogen-bond donors (Lipinski definition) is 0. The zero-order valence-electron chi connectivity index (χ0n) is 30.4. The molecule has 12 rings (SSSR count). The maximum atomic E-state index is 6.72. The van der Waals surface area contributed by atoms with Gasteiger partial charge in [-0.25, -0.2) is 0 Å². The van der Waals surface area contributed by atoms with Crippen LogP contribution in [0.4, 0.5) is 17.1 Å². The van der Waals surface area contributed by atoms with Crippen LogP contribution in [-0.2, 0) is 5.41 Å². The van der Waals surface area contributed by atoms with Crippen molar-refractivity contribution in [1.82, 2.24) is 4.57 Å². The molecule has 0 amide bonds. The molecule has 0 saturated carbocycles. The molecule has 1 spiro atoms. The topological polar surface area (TPSA) is 17.4 Å². The molecule has 1 aromatic heterocycles. The molecular formula is C53H34N2O. The van der Waals surface area contributed by atoms with Crippen LogP contribution in [0.15, 0.2) is 206 Å². The van der Waals surface area contributed by atoms with Crippen molar-refractivity contribution in [2.75, 3.05) is 4.90 Å². The van der Waals surface area contributed by atoms with Crippen molar-refractivity contribution in [3.8, 4) is 28.3 Å². The van der Waals surface area contributed by atoms with Crippen LogP contribution in [0.5, 0.6) is 11.5 Å². The van der Waals surface area contributed by atoms with Crippen LogP contribution >= 0.6 is 0 Å². The number of rotatable bonds is 4. The molecule has 1 aliphatic heterocycles. The Labute approximate surface area is 324 Å². The third-order valence-corrected chi connectivity index (χ3v) is 12.0. The minimum Gasteiger partial charge on any atom is -0.457 e. The van der Waals surface area contributed by atoms with Gasteiger partial charge in [0.2, 0.25) is 0 Å². The second-order valence-electron chi connectivity index (χ2n) is 14.8. The first kappa shape index (κ1) is 31.0. The highest BCUT2D eigenvalue weighted by molar-refractivity contribution is 6.11. The molecule has 0 unspecified atom stereocenters. The van der Waals surface area contributed by atoms with Crippen LogP contribution in [0.1, 0.15) is 22.3 Å². The van der Waals surface area contributed by atoms with Crippen molar-refractivity contribution < 1.29 is 4.74 Å². The Balaban J connectivity index is 1.16. The summed E-state index contributed by atoms with van der Waals surface area (Å²) in [5, 5.41) is 4.97. The fourth-order valence-electron chi connectivity index (χ4n) is 9.79. The van der Waals surface area contributed by atoms with Gasteiger partial charge in [-0.15, -0.1) is 0 Å². The fourth-order valence-corrected chi connectivity index (χ4v) is 9.79. The zero-order valence-corrected chi connectivity index (χ0v) is 30.4. The largest absolute Gasteiger partial charge is 0.457 e. The standard InChI is InChI=1S/C53H34N2O/c1-3-17-36(18-4-1)54(38-30-32-49-43(33-38)41-21-7-10-26-48(41)55(49)37-19-5-2-6-20-37)39-29-31-40-42-22-13-15-35-16-14-25-46(52(35)42)53(47(40)34-39)44-23-8-11-27-50(44)56-51-28-12-9-24-45(51)53/h1-34H. The molecular weight excluding hydrogens is 681 g/mol. The number of hydrogen-bond acceptors (Lipinski definition) is 2. The maximum Gasteiger partial charge on any atom is 0.132 e. The van der Waals surface area contributed by atoms with Gasteiger partial charge in [0, 0.05) is 44.6 Å². The number of para-hydroxylation sites is 5. The minimum absolute atomic E-state index is 0.625. The molecule has 2 aliphatic rings. The second kappa shape index (κ2) is 11.8. The lowest BCUT2D eigenvalue weighted by atomic mass is 9.58. The molecule has 0 atom stereocenters. The third-order valence-electron chi connectivity index (χ3n) is 12.0. The highest BCUT2D eigenvalue weighted by Gasteiger charge is 2.49. The molecule has 2 heterocycles. The zero-order chi connectivity index (χ0) is 36.8. The van der Waals surface area contributed by atoms with E-state index in [4.69, 9.17) is 4.74 Å². The number of fused-ring (bicyclic) bond motifs is 11. The number of anilines is 3. The van der Waals surface area contributed by atoms with Crippen LogP contribution in [-0.4, -0.2) is 4.57 Å². The maximum absolute atomic E-state index is 6.72. The van der Waals surface area contributed by atoms with E-state index in [1.165, 1.54) is 54.8 Å². The Morgan fingerprint density at radius 3 is 1.79 bits per heavy atom. The van der Waals surface area contributed by atoms with Crippen LogP contribution in [0, 0.1) is 0 Å². The van der Waals surface area contributed by atoms with Crippen molar-refractivity contribution in [3.05, 3.63) is 229 Å². The Bertz CT molecular complexity index is 3130. The lowest BCUT2D eigenvalue weighted by Crippen LogP contribution is -2.36. The third kappa shape index (κ3) is 4.22. The predicted octanol–water partition coefficient (Wildman–Crippen LogP) is 13.9. The van der Waals surface area contributed by atoms with Crippen LogP contribution in [0.2, 0.25) is 0 Å². The van der Waals surface area contributed by atoms with Crippen molar-refractivity contribution in [2.24, 2.45) is 0 Å². The van der Waals surface area contributed by atoms with Crippen LogP contribution in [0.25, 0.3) is 49.4 Å².